The molecule has 5 nitrogen and oxygen atoms in total. The van der Waals surface area contributed by atoms with Gasteiger partial charge in [0, 0.05) is 17.6 Å². The molecule has 0 unspecified atom stereocenters. The van der Waals surface area contributed by atoms with Crippen molar-refractivity contribution in [2.75, 3.05) is 17.2 Å². The van der Waals surface area contributed by atoms with E-state index in [4.69, 9.17) is 4.74 Å². The molecule has 2 N–H and O–H groups in total. The Bertz CT molecular complexity index is 1100. The number of ether oxygens (including phenoxy) is 1. The van der Waals surface area contributed by atoms with E-state index in [1.54, 1.807) is 24.3 Å². The first-order valence-corrected chi connectivity index (χ1v) is 12.7. The molecular weight excluding hydrogens is 465 g/mol. The highest BCUT2D eigenvalue weighted by atomic mass is 19.4. The number of anilines is 4. The number of nitrogens with one attached hydrogen (secondary N) is 2. The Morgan fingerprint density at radius 3 is 2.22 bits per heavy atom. The van der Waals surface area contributed by atoms with Gasteiger partial charge in [0.05, 0.1) is 6.61 Å². The maximum absolute atomic E-state index is 13.6. The number of halogens is 3. The Morgan fingerprint density at radius 1 is 0.889 bits per heavy atom. The molecule has 3 aromatic rings. The topological polar surface area (TPSA) is 59.1 Å². The van der Waals surface area contributed by atoms with Crippen LogP contribution in [0.4, 0.5) is 36.3 Å². The highest BCUT2D eigenvalue weighted by Crippen LogP contribution is 2.36. The van der Waals surface area contributed by atoms with E-state index in [1.807, 2.05) is 12.1 Å². The second kappa shape index (κ2) is 12.1. The van der Waals surface area contributed by atoms with Crippen LogP contribution in [0.1, 0.15) is 75.3 Å². The Hall–Kier alpha value is -3.29. The molecular formula is C28H33F3N4O. The third-order valence-electron chi connectivity index (χ3n) is 6.47. The summed E-state index contributed by atoms with van der Waals surface area (Å²) < 4.78 is 46.6. The lowest BCUT2D eigenvalue weighted by Crippen LogP contribution is -2.12. The fourth-order valence-electron chi connectivity index (χ4n) is 4.46. The first kappa shape index (κ1) is 25.8. The third-order valence-corrected chi connectivity index (χ3v) is 6.47. The second-order valence-electron chi connectivity index (χ2n) is 9.24. The van der Waals surface area contributed by atoms with E-state index in [1.165, 1.54) is 37.7 Å². The summed E-state index contributed by atoms with van der Waals surface area (Å²) in [5.74, 6) is 1.05. The summed E-state index contributed by atoms with van der Waals surface area (Å²) in [5, 5.41) is 5.82. The summed E-state index contributed by atoms with van der Waals surface area (Å²) in [6.07, 6.45) is 5.56. The summed E-state index contributed by atoms with van der Waals surface area (Å²) in [7, 11) is 0. The molecule has 1 saturated carbocycles. The van der Waals surface area contributed by atoms with Crippen LogP contribution in [-0.2, 0) is 6.18 Å². The van der Waals surface area contributed by atoms with E-state index >= 15 is 0 Å². The number of nitrogens with zero attached hydrogens (tertiary/aromatic N) is 2. The van der Waals surface area contributed by atoms with Gasteiger partial charge < -0.3 is 15.4 Å². The average Bonchev–Trinajstić information content (AvgIpc) is 3.40. The summed E-state index contributed by atoms with van der Waals surface area (Å²) in [6.45, 7) is 2.77. The van der Waals surface area contributed by atoms with Gasteiger partial charge in [-0.25, -0.2) is 4.98 Å². The molecule has 1 heterocycles. The Labute approximate surface area is 210 Å². The van der Waals surface area contributed by atoms with E-state index < -0.39 is 11.7 Å². The van der Waals surface area contributed by atoms with Crippen molar-refractivity contribution in [3.05, 3.63) is 65.9 Å². The molecule has 0 radical (unpaired) electrons. The van der Waals surface area contributed by atoms with Crippen molar-refractivity contribution in [2.24, 2.45) is 0 Å². The molecule has 1 aromatic heterocycles. The number of hydrogen-bond donors (Lipinski definition) is 2. The Morgan fingerprint density at radius 2 is 1.56 bits per heavy atom. The van der Waals surface area contributed by atoms with Gasteiger partial charge in [-0.05, 0) is 67.1 Å². The van der Waals surface area contributed by atoms with Gasteiger partial charge in [0.15, 0.2) is 0 Å². The normalized spacial score (nSPS) is 14.1. The predicted octanol–water partition coefficient (Wildman–Crippen LogP) is 8.60. The van der Waals surface area contributed by atoms with Crippen LogP contribution in [0.5, 0.6) is 5.75 Å². The standard InChI is InChI=1S/C28H33F3N4O/c1-2-3-4-7-18-36-24-16-14-22(15-17-24)33-26-25(28(29,30)31)19-32-27(35-26)34-23-12-10-21(11-13-23)20-8-5-6-9-20/h10-17,19-20H,2-9,18H2,1H3,(H2,32,33,34,35). The summed E-state index contributed by atoms with van der Waals surface area (Å²) in [4.78, 5) is 8.05. The van der Waals surface area contributed by atoms with Crippen LogP contribution in [-0.4, -0.2) is 16.6 Å². The van der Waals surface area contributed by atoms with Crippen molar-refractivity contribution < 1.29 is 17.9 Å². The minimum absolute atomic E-state index is 0.0890. The first-order chi connectivity index (χ1) is 17.4. The maximum atomic E-state index is 13.6. The van der Waals surface area contributed by atoms with E-state index in [0.717, 1.165) is 31.1 Å². The Kier molecular flexibility index (Phi) is 8.67. The summed E-state index contributed by atoms with van der Waals surface area (Å²) in [6, 6.07) is 14.8. The molecule has 0 aliphatic heterocycles. The zero-order chi connectivity index (χ0) is 25.4. The highest BCUT2D eigenvalue weighted by Gasteiger charge is 2.35. The van der Waals surface area contributed by atoms with Crippen LogP contribution >= 0.6 is 0 Å². The van der Waals surface area contributed by atoms with Crippen molar-refractivity contribution in [1.29, 1.82) is 0 Å². The molecule has 0 amide bonds. The van der Waals surface area contributed by atoms with Crippen LogP contribution in [0, 0.1) is 0 Å². The van der Waals surface area contributed by atoms with Crippen molar-refractivity contribution in [3.8, 4) is 5.75 Å². The molecule has 1 aliphatic carbocycles. The van der Waals surface area contributed by atoms with Gasteiger partial charge in [0.25, 0.3) is 0 Å². The van der Waals surface area contributed by atoms with Crippen molar-refractivity contribution >= 4 is 23.1 Å². The Balaban J connectivity index is 1.44. The third kappa shape index (κ3) is 7.12. The minimum Gasteiger partial charge on any atom is -0.494 e. The molecule has 0 saturated heterocycles. The molecule has 0 bridgehead atoms. The molecule has 0 atom stereocenters. The van der Waals surface area contributed by atoms with Gasteiger partial charge >= 0.3 is 6.18 Å². The lowest BCUT2D eigenvalue weighted by Gasteiger charge is -2.15. The molecule has 1 aliphatic rings. The first-order valence-electron chi connectivity index (χ1n) is 12.7. The number of unbranched alkanes of at least 4 members (excludes halogenated alkanes) is 3. The number of hydrogen-bond acceptors (Lipinski definition) is 5. The molecule has 4 rings (SSSR count). The molecule has 192 valence electrons. The fourth-order valence-corrected chi connectivity index (χ4v) is 4.46. The second-order valence-corrected chi connectivity index (χ2v) is 9.24. The lowest BCUT2D eigenvalue weighted by atomic mass is 9.98. The zero-order valence-corrected chi connectivity index (χ0v) is 20.6. The van der Waals surface area contributed by atoms with Gasteiger partial charge in [-0.15, -0.1) is 0 Å². The lowest BCUT2D eigenvalue weighted by molar-refractivity contribution is -0.137. The molecule has 2 aromatic carbocycles. The monoisotopic (exact) mass is 498 g/mol. The highest BCUT2D eigenvalue weighted by molar-refractivity contribution is 5.63. The number of benzene rings is 2. The smallest absolute Gasteiger partial charge is 0.421 e. The molecule has 36 heavy (non-hydrogen) atoms. The molecule has 1 fully saturated rings. The van der Waals surface area contributed by atoms with E-state index in [0.29, 0.717) is 24.0 Å². The van der Waals surface area contributed by atoms with Crippen LogP contribution in [0.15, 0.2) is 54.7 Å². The molecule has 8 heteroatoms. The predicted molar refractivity (Wildman–Crippen MR) is 137 cm³/mol. The quantitative estimate of drug-likeness (QED) is 0.259. The number of rotatable bonds is 11. The van der Waals surface area contributed by atoms with Crippen LogP contribution in [0.3, 0.4) is 0 Å². The van der Waals surface area contributed by atoms with E-state index in [9.17, 15) is 13.2 Å². The maximum Gasteiger partial charge on any atom is 0.421 e. The number of aromatic nitrogens is 2. The van der Waals surface area contributed by atoms with Gasteiger partial charge in [0.1, 0.15) is 17.1 Å². The van der Waals surface area contributed by atoms with Crippen LogP contribution < -0.4 is 15.4 Å². The van der Waals surface area contributed by atoms with Crippen LogP contribution in [0.2, 0.25) is 0 Å². The zero-order valence-electron chi connectivity index (χ0n) is 20.6. The van der Waals surface area contributed by atoms with Gasteiger partial charge in [-0.3, -0.25) is 0 Å². The minimum atomic E-state index is -4.59. The van der Waals surface area contributed by atoms with Gasteiger partial charge in [-0.1, -0.05) is 51.2 Å². The fraction of sp³-hybridized carbons (Fsp3) is 0.429. The molecule has 0 spiro atoms. The largest absolute Gasteiger partial charge is 0.494 e. The summed E-state index contributed by atoms with van der Waals surface area (Å²) >= 11 is 0. The van der Waals surface area contributed by atoms with Crippen molar-refractivity contribution in [2.45, 2.75) is 70.4 Å². The van der Waals surface area contributed by atoms with Gasteiger partial charge in [0.2, 0.25) is 5.95 Å². The summed E-state index contributed by atoms with van der Waals surface area (Å²) in [5.41, 5.74) is 1.57. The van der Waals surface area contributed by atoms with E-state index in [-0.39, 0.29) is 11.8 Å². The van der Waals surface area contributed by atoms with E-state index in [2.05, 4.69) is 39.7 Å². The number of alkyl halides is 3. The van der Waals surface area contributed by atoms with Crippen LogP contribution in [0.25, 0.3) is 0 Å². The average molecular weight is 499 g/mol. The SMILES string of the molecule is CCCCCCOc1ccc(Nc2nc(Nc3ccc(C4CCCC4)cc3)ncc2C(F)(F)F)cc1. The van der Waals surface area contributed by atoms with Crippen molar-refractivity contribution in [3.63, 3.8) is 0 Å². The van der Waals surface area contributed by atoms with Gasteiger partial charge in [-0.2, -0.15) is 18.2 Å². The van der Waals surface area contributed by atoms with Crippen molar-refractivity contribution in [1.82, 2.24) is 9.97 Å².